The van der Waals surface area contributed by atoms with Crippen LogP contribution in [0.3, 0.4) is 0 Å². The normalized spacial score (nSPS) is 12.6. The van der Waals surface area contributed by atoms with Crippen LogP contribution in [0.2, 0.25) is 0 Å². The van der Waals surface area contributed by atoms with Crippen molar-refractivity contribution in [1.82, 2.24) is 24.4 Å². The predicted molar refractivity (Wildman–Crippen MR) is 195 cm³/mol. The van der Waals surface area contributed by atoms with Gasteiger partial charge in [0.1, 0.15) is 11.3 Å². The number of carbonyl (C=O) groups excluding carboxylic acids is 3. The molecule has 15 heteroatoms. The number of pyridine rings is 1. The fraction of sp³-hybridized carbons (Fsp3) is 0.231. The largest absolute Gasteiger partial charge is 0.443 e. The van der Waals surface area contributed by atoms with E-state index in [0.29, 0.717) is 52.7 Å². The number of ether oxygens (including phenoxy) is 1. The first-order valence-electron chi connectivity index (χ1n) is 16.8. The number of nitrogens with zero attached hydrogens (tertiary/aromatic N) is 5. The van der Waals surface area contributed by atoms with E-state index in [1.165, 1.54) is 12.1 Å². The molecule has 3 aromatic heterocycles. The van der Waals surface area contributed by atoms with Gasteiger partial charge in [-0.3, -0.25) is 9.78 Å². The molecule has 2 aromatic carbocycles. The van der Waals surface area contributed by atoms with Gasteiger partial charge in [-0.25, -0.2) is 24.5 Å². The van der Waals surface area contributed by atoms with E-state index in [9.17, 15) is 27.6 Å². The van der Waals surface area contributed by atoms with Gasteiger partial charge in [0.05, 0.1) is 22.4 Å². The highest BCUT2D eigenvalue weighted by Gasteiger charge is 2.35. The third-order valence-electron chi connectivity index (χ3n) is 8.18. The number of anilines is 3. The highest BCUT2D eigenvalue weighted by atomic mass is 19.4. The molecule has 54 heavy (non-hydrogen) atoms. The number of hydrogen-bond acceptors (Lipinski definition) is 8. The van der Waals surface area contributed by atoms with Crippen LogP contribution in [0.1, 0.15) is 59.1 Å². The summed E-state index contributed by atoms with van der Waals surface area (Å²) in [6.45, 7) is 5.78. The molecule has 4 amide bonds. The second-order valence-electron chi connectivity index (χ2n) is 13.3. The fourth-order valence-corrected chi connectivity index (χ4v) is 5.60. The summed E-state index contributed by atoms with van der Waals surface area (Å²) in [4.78, 5) is 53.5. The van der Waals surface area contributed by atoms with Gasteiger partial charge in [-0.15, -0.1) is 0 Å². The van der Waals surface area contributed by atoms with Crippen LogP contribution in [0.5, 0.6) is 0 Å². The molecule has 0 bridgehead atoms. The van der Waals surface area contributed by atoms with Crippen LogP contribution in [0.4, 0.5) is 40.1 Å². The summed E-state index contributed by atoms with van der Waals surface area (Å²) in [5, 5.41) is 8.39. The average molecular weight is 737 g/mol. The van der Waals surface area contributed by atoms with Crippen LogP contribution in [-0.4, -0.2) is 54.6 Å². The van der Waals surface area contributed by atoms with E-state index in [2.05, 4.69) is 37.8 Å². The van der Waals surface area contributed by atoms with Crippen LogP contribution >= 0.6 is 0 Å². The van der Waals surface area contributed by atoms with Crippen molar-refractivity contribution in [2.75, 3.05) is 22.5 Å². The Balaban J connectivity index is 1.27. The molecule has 0 unspecified atom stereocenters. The van der Waals surface area contributed by atoms with Gasteiger partial charge in [-0.05, 0) is 87.0 Å². The number of benzene rings is 2. The Kier molecular flexibility index (Phi) is 10.4. The van der Waals surface area contributed by atoms with Crippen molar-refractivity contribution < 1.29 is 32.3 Å². The van der Waals surface area contributed by atoms with Crippen molar-refractivity contribution in [3.8, 4) is 23.2 Å². The molecule has 0 atom stereocenters. The van der Waals surface area contributed by atoms with Crippen LogP contribution in [0.25, 0.3) is 11.4 Å². The van der Waals surface area contributed by atoms with Crippen LogP contribution in [-0.2, 0) is 30.9 Å². The first kappa shape index (κ1) is 37.1. The van der Waals surface area contributed by atoms with Crippen molar-refractivity contribution in [2.45, 2.75) is 45.5 Å². The standard InChI is InChI=1S/C39H35F3N8O4/c1-38(2,3)54-37(53)50-19-16-31-30(34(50)51)21-32(49(31)4)33-26(23-45-35(48-33)44-22-25-14-17-43-18-15-25)9-8-24-6-5-7-29(20-24)47-36(52)46-28-12-10-27(11-13-28)39(40,41)42/h5-7,10-15,17-18,20-21,23H,16,19,22H2,1-4H3,(H,44,45,48)(H2,46,47,52). The number of hydrogen-bond donors (Lipinski definition) is 3. The quantitative estimate of drug-likeness (QED) is 0.152. The average Bonchev–Trinajstić information content (AvgIpc) is 3.46. The van der Waals surface area contributed by atoms with E-state index in [0.717, 1.165) is 28.3 Å². The van der Waals surface area contributed by atoms with E-state index in [1.54, 1.807) is 69.7 Å². The third kappa shape index (κ3) is 8.84. The molecule has 276 valence electrons. The molecule has 1 aliphatic rings. The maximum atomic E-state index is 13.6. The van der Waals surface area contributed by atoms with Gasteiger partial charge >= 0.3 is 18.3 Å². The summed E-state index contributed by atoms with van der Waals surface area (Å²) in [5.41, 5.74) is 3.00. The van der Waals surface area contributed by atoms with Gasteiger partial charge in [0, 0.05) is 67.8 Å². The first-order valence-corrected chi connectivity index (χ1v) is 16.8. The van der Waals surface area contributed by atoms with Gasteiger partial charge in [-0.2, -0.15) is 13.2 Å². The predicted octanol–water partition coefficient (Wildman–Crippen LogP) is 7.49. The van der Waals surface area contributed by atoms with E-state index < -0.39 is 35.4 Å². The number of amides is 4. The monoisotopic (exact) mass is 736 g/mol. The Bertz CT molecular complexity index is 2270. The zero-order valence-electron chi connectivity index (χ0n) is 29.7. The third-order valence-corrected chi connectivity index (χ3v) is 8.18. The highest BCUT2D eigenvalue weighted by molar-refractivity contribution is 6.05. The summed E-state index contributed by atoms with van der Waals surface area (Å²) in [7, 11) is 1.82. The lowest BCUT2D eigenvalue weighted by Crippen LogP contribution is -2.44. The highest BCUT2D eigenvalue weighted by Crippen LogP contribution is 2.32. The lowest BCUT2D eigenvalue weighted by Gasteiger charge is -2.28. The molecule has 3 N–H and O–H groups in total. The smallest absolute Gasteiger partial charge is 0.417 e. The first-order chi connectivity index (χ1) is 25.6. The van der Waals surface area contributed by atoms with Gasteiger partial charge in [-0.1, -0.05) is 17.9 Å². The minimum Gasteiger partial charge on any atom is -0.443 e. The maximum absolute atomic E-state index is 13.6. The molecule has 1 aliphatic heterocycles. The lowest BCUT2D eigenvalue weighted by molar-refractivity contribution is -0.137. The fourth-order valence-electron chi connectivity index (χ4n) is 5.60. The van der Waals surface area contributed by atoms with Gasteiger partial charge < -0.3 is 25.3 Å². The molecule has 6 rings (SSSR count). The number of aromatic nitrogens is 4. The molecule has 0 aliphatic carbocycles. The minimum absolute atomic E-state index is 0.153. The van der Waals surface area contributed by atoms with Crippen molar-refractivity contribution in [1.29, 1.82) is 0 Å². The van der Waals surface area contributed by atoms with Gasteiger partial charge in [0.2, 0.25) is 5.95 Å². The second-order valence-corrected chi connectivity index (χ2v) is 13.3. The number of alkyl halides is 3. The summed E-state index contributed by atoms with van der Waals surface area (Å²) in [6, 6.07) is 15.6. The van der Waals surface area contributed by atoms with Crippen LogP contribution in [0, 0.1) is 11.8 Å². The van der Waals surface area contributed by atoms with Crippen molar-refractivity contribution in [3.05, 3.63) is 119 Å². The number of halogens is 3. The molecule has 0 fully saturated rings. The number of carbonyl (C=O) groups is 3. The molecule has 0 radical (unpaired) electrons. The minimum atomic E-state index is -4.49. The molecule has 12 nitrogen and oxygen atoms in total. The van der Waals surface area contributed by atoms with Crippen molar-refractivity contribution in [3.63, 3.8) is 0 Å². The van der Waals surface area contributed by atoms with E-state index in [-0.39, 0.29) is 12.2 Å². The Hall–Kier alpha value is -6.69. The molecule has 5 aromatic rings. The SMILES string of the molecule is Cn1c(-c2nc(NCc3ccncc3)ncc2C#Cc2cccc(NC(=O)Nc3ccc(C(F)(F)F)cc3)c2)cc2c1CCN(C(=O)OC(C)(C)C)C2=O. The maximum Gasteiger partial charge on any atom is 0.417 e. The van der Waals surface area contributed by atoms with E-state index >= 15 is 0 Å². The molecule has 4 heterocycles. The van der Waals surface area contributed by atoms with E-state index in [1.807, 2.05) is 23.7 Å². The molecular weight excluding hydrogens is 701 g/mol. The molecular formula is C39H35F3N8O4. The topological polar surface area (TPSA) is 143 Å². The number of urea groups is 1. The summed E-state index contributed by atoms with van der Waals surface area (Å²) in [5.74, 6) is 6.05. The van der Waals surface area contributed by atoms with Crippen LogP contribution in [0.15, 0.2) is 85.3 Å². The number of nitrogens with one attached hydrogen (secondary N) is 3. The second kappa shape index (κ2) is 15.1. The zero-order valence-corrected chi connectivity index (χ0v) is 29.7. The summed E-state index contributed by atoms with van der Waals surface area (Å²) in [6.07, 6.45) is 0.147. The van der Waals surface area contributed by atoms with Gasteiger partial charge in [0.15, 0.2) is 0 Å². The Morgan fingerprint density at radius 1 is 0.944 bits per heavy atom. The number of imide groups is 1. The van der Waals surface area contributed by atoms with Gasteiger partial charge in [0.25, 0.3) is 5.91 Å². The summed E-state index contributed by atoms with van der Waals surface area (Å²) >= 11 is 0. The number of rotatable bonds is 6. The Morgan fingerprint density at radius 3 is 2.37 bits per heavy atom. The Morgan fingerprint density at radius 2 is 1.67 bits per heavy atom. The zero-order chi connectivity index (χ0) is 38.6. The molecule has 0 spiro atoms. The Labute approximate surface area is 308 Å². The summed E-state index contributed by atoms with van der Waals surface area (Å²) < 4.78 is 46.0. The van der Waals surface area contributed by atoms with E-state index in [4.69, 9.17) is 9.72 Å². The van der Waals surface area contributed by atoms with Crippen molar-refractivity contribution in [2.24, 2.45) is 7.05 Å². The molecule has 0 saturated heterocycles. The lowest BCUT2D eigenvalue weighted by atomic mass is 10.1. The molecule has 0 saturated carbocycles. The van der Waals surface area contributed by atoms with Crippen LogP contribution < -0.4 is 16.0 Å². The number of fused-ring (bicyclic) bond motifs is 1. The van der Waals surface area contributed by atoms with Crippen molar-refractivity contribution >= 4 is 35.4 Å².